The van der Waals surface area contributed by atoms with Crippen LogP contribution in [0, 0.1) is 0 Å². The zero-order valence-electron chi connectivity index (χ0n) is 27.9. The summed E-state index contributed by atoms with van der Waals surface area (Å²) in [4.78, 5) is 0. The van der Waals surface area contributed by atoms with E-state index in [9.17, 15) is 0 Å². The van der Waals surface area contributed by atoms with E-state index in [-0.39, 0.29) is 6.10 Å². The maximum absolute atomic E-state index is 6.20. The summed E-state index contributed by atoms with van der Waals surface area (Å²) in [5.74, 6) is 1.00. The molecule has 2 aliphatic rings. The first-order valence-corrected chi connectivity index (χ1v) is 18.6. The minimum absolute atomic E-state index is 0.0270. The predicted molar refractivity (Wildman–Crippen MR) is 216 cm³/mol. The highest BCUT2D eigenvalue weighted by molar-refractivity contribution is 7.26. The van der Waals surface area contributed by atoms with Crippen molar-refractivity contribution in [2.45, 2.75) is 18.9 Å². The van der Waals surface area contributed by atoms with Crippen molar-refractivity contribution in [3.8, 4) is 22.3 Å². The Bertz CT molecular complexity index is 2840. The summed E-state index contributed by atoms with van der Waals surface area (Å²) in [6.07, 6.45) is 8.10. The molecule has 1 unspecified atom stereocenters. The summed E-state index contributed by atoms with van der Waals surface area (Å²) < 4.78 is 15.0. The number of thiophene rings is 1. The minimum Gasteiger partial charge on any atom is -0.493 e. The average molecular weight is 673 g/mol. The van der Waals surface area contributed by atoms with Gasteiger partial charge in [-0.25, -0.2) is 0 Å². The average Bonchev–Trinajstić information content (AvgIpc) is 3.98. The molecule has 3 heteroatoms. The zero-order valence-corrected chi connectivity index (χ0v) is 28.7. The highest BCUT2D eigenvalue weighted by Crippen LogP contribution is 2.49. The normalized spacial score (nSPS) is 15.8. The van der Waals surface area contributed by atoms with Gasteiger partial charge in [0.15, 0.2) is 0 Å². The number of rotatable bonds is 4. The van der Waals surface area contributed by atoms with E-state index in [1.54, 1.807) is 0 Å². The molecule has 0 aliphatic carbocycles. The molecule has 0 saturated heterocycles. The van der Waals surface area contributed by atoms with Crippen LogP contribution in [-0.2, 0) is 9.47 Å². The fourth-order valence-electron chi connectivity index (χ4n) is 8.82. The van der Waals surface area contributed by atoms with Gasteiger partial charge in [-0.1, -0.05) is 121 Å². The monoisotopic (exact) mass is 672 g/mol. The molecule has 51 heavy (non-hydrogen) atoms. The van der Waals surface area contributed by atoms with Gasteiger partial charge in [0.05, 0.1) is 12.9 Å². The Kier molecular flexibility index (Phi) is 6.41. The molecule has 2 nitrogen and oxygen atoms in total. The lowest BCUT2D eigenvalue weighted by Crippen LogP contribution is -2.00. The van der Waals surface area contributed by atoms with E-state index in [0.29, 0.717) is 0 Å². The Morgan fingerprint density at radius 1 is 0.529 bits per heavy atom. The van der Waals surface area contributed by atoms with E-state index in [0.717, 1.165) is 25.2 Å². The summed E-state index contributed by atoms with van der Waals surface area (Å²) in [5.41, 5.74) is 7.57. The molecule has 0 bridgehead atoms. The Balaban J connectivity index is 1.17. The van der Waals surface area contributed by atoms with Crippen molar-refractivity contribution in [3.05, 3.63) is 163 Å². The van der Waals surface area contributed by atoms with E-state index in [1.807, 2.05) is 17.6 Å². The van der Waals surface area contributed by atoms with Gasteiger partial charge in [0, 0.05) is 49.7 Å². The van der Waals surface area contributed by atoms with Gasteiger partial charge in [-0.15, -0.1) is 11.3 Å². The lowest BCUT2D eigenvalue weighted by molar-refractivity contribution is 0.176. The first-order chi connectivity index (χ1) is 25.3. The van der Waals surface area contributed by atoms with Crippen LogP contribution in [0.2, 0.25) is 0 Å². The second kappa shape index (κ2) is 11.3. The first kappa shape index (κ1) is 28.9. The Labute approximate surface area is 299 Å². The van der Waals surface area contributed by atoms with Crippen molar-refractivity contribution in [1.82, 2.24) is 0 Å². The van der Waals surface area contributed by atoms with Crippen LogP contribution in [0.3, 0.4) is 0 Å². The van der Waals surface area contributed by atoms with Crippen LogP contribution in [0.5, 0.6) is 0 Å². The van der Waals surface area contributed by atoms with Crippen LogP contribution in [0.25, 0.3) is 91.3 Å². The van der Waals surface area contributed by atoms with Gasteiger partial charge in [0.25, 0.3) is 0 Å². The van der Waals surface area contributed by atoms with E-state index >= 15 is 0 Å². The molecular formula is C48H32O2S. The predicted octanol–water partition coefficient (Wildman–Crippen LogP) is 13.7. The van der Waals surface area contributed by atoms with Gasteiger partial charge >= 0.3 is 0 Å². The van der Waals surface area contributed by atoms with Gasteiger partial charge in [-0.05, 0) is 84.1 Å². The standard InChI is InChI=1S/C48H32O2S/c1-5-16-34-30(12-1)44(31-13-2-6-17-35(31)46(34)41-22-10-26-49-41)29-24-25-43-40(28-29)38-20-9-21-39(48(38)51-43)45-32-14-3-7-18-36(32)47(42-23-11-27-50-42)37-19-8-4-15-33(37)45/h1-10,12-21,23-26,28,41H,11,22,27H2. The Morgan fingerprint density at radius 3 is 1.71 bits per heavy atom. The topological polar surface area (TPSA) is 18.5 Å². The van der Waals surface area contributed by atoms with E-state index < -0.39 is 0 Å². The highest BCUT2D eigenvalue weighted by Gasteiger charge is 2.25. The lowest BCUT2D eigenvalue weighted by atomic mass is 9.86. The Morgan fingerprint density at radius 2 is 1.12 bits per heavy atom. The van der Waals surface area contributed by atoms with Crippen LogP contribution in [-0.4, -0.2) is 6.61 Å². The molecule has 3 heterocycles. The summed E-state index contributed by atoms with van der Waals surface area (Å²) in [6.45, 7) is 0.741. The molecule has 1 aromatic heterocycles. The first-order valence-electron chi connectivity index (χ1n) is 17.8. The molecule has 9 aromatic rings. The number of hydrogen-bond acceptors (Lipinski definition) is 3. The highest BCUT2D eigenvalue weighted by atomic mass is 32.1. The minimum atomic E-state index is 0.0270. The smallest absolute Gasteiger partial charge is 0.128 e. The molecule has 0 fully saturated rings. The van der Waals surface area contributed by atoms with Crippen molar-refractivity contribution >= 4 is 80.4 Å². The van der Waals surface area contributed by atoms with Crippen molar-refractivity contribution < 1.29 is 9.47 Å². The van der Waals surface area contributed by atoms with E-state index in [2.05, 4.69) is 146 Å². The molecule has 0 spiro atoms. The summed E-state index contributed by atoms with van der Waals surface area (Å²) in [5, 5.41) is 12.6. The largest absolute Gasteiger partial charge is 0.493 e. The van der Waals surface area contributed by atoms with Crippen LogP contribution in [0.4, 0.5) is 0 Å². The fraction of sp³-hybridized carbons (Fsp3) is 0.0833. The fourth-order valence-corrected chi connectivity index (χ4v) is 10.0. The molecule has 0 N–H and O–H groups in total. The number of fused-ring (bicyclic) bond motifs is 7. The van der Waals surface area contributed by atoms with Gasteiger partial charge in [-0.2, -0.15) is 0 Å². The second-order valence-electron chi connectivity index (χ2n) is 13.7. The maximum Gasteiger partial charge on any atom is 0.128 e. The van der Waals surface area contributed by atoms with E-state index in [1.165, 1.54) is 96.6 Å². The van der Waals surface area contributed by atoms with Crippen molar-refractivity contribution in [2.24, 2.45) is 0 Å². The zero-order chi connectivity index (χ0) is 33.5. The molecule has 2 aliphatic heterocycles. The summed E-state index contributed by atoms with van der Waals surface area (Å²) >= 11 is 1.90. The van der Waals surface area contributed by atoms with Crippen LogP contribution >= 0.6 is 11.3 Å². The maximum atomic E-state index is 6.20. The van der Waals surface area contributed by atoms with E-state index in [4.69, 9.17) is 9.47 Å². The van der Waals surface area contributed by atoms with Gasteiger partial charge in [0.1, 0.15) is 11.9 Å². The molecule has 0 amide bonds. The van der Waals surface area contributed by atoms with Crippen molar-refractivity contribution in [3.63, 3.8) is 0 Å². The van der Waals surface area contributed by atoms with Crippen molar-refractivity contribution in [1.29, 1.82) is 0 Å². The molecular weight excluding hydrogens is 641 g/mol. The van der Waals surface area contributed by atoms with Gasteiger partial charge < -0.3 is 9.47 Å². The molecule has 0 radical (unpaired) electrons. The number of hydrogen-bond donors (Lipinski definition) is 0. The SMILES string of the molecule is C1=COC(c2c3ccccc3c(-c3ccc4sc5c(-c6c7ccccc7c(C7=CCCO7)c7ccccc67)cccc5c4c3)c3ccccc23)C1. The molecule has 11 rings (SSSR count). The number of ether oxygens (including phenoxy) is 2. The van der Waals surface area contributed by atoms with Crippen LogP contribution in [0.1, 0.15) is 30.1 Å². The third kappa shape index (κ3) is 4.28. The third-order valence-electron chi connectivity index (χ3n) is 10.9. The second-order valence-corrected chi connectivity index (χ2v) is 14.7. The molecule has 242 valence electrons. The van der Waals surface area contributed by atoms with Crippen LogP contribution in [0.15, 0.2) is 152 Å². The number of benzene rings is 8. The lowest BCUT2D eigenvalue weighted by Gasteiger charge is -2.20. The van der Waals surface area contributed by atoms with Gasteiger partial charge in [0.2, 0.25) is 0 Å². The third-order valence-corrected chi connectivity index (χ3v) is 12.1. The molecule has 8 aromatic carbocycles. The quantitative estimate of drug-likeness (QED) is 0.173. The summed E-state index contributed by atoms with van der Waals surface area (Å²) in [7, 11) is 0. The van der Waals surface area contributed by atoms with Gasteiger partial charge in [-0.3, -0.25) is 0 Å². The van der Waals surface area contributed by atoms with Crippen LogP contribution < -0.4 is 0 Å². The molecule has 1 atom stereocenters. The molecule has 0 saturated carbocycles. The van der Waals surface area contributed by atoms with Crippen molar-refractivity contribution in [2.75, 3.05) is 6.61 Å². The summed E-state index contributed by atoms with van der Waals surface area (Å²) in [6, 6.07) is 49.4. The Hall–Kier alpha value is -5.90.